The number of alkyl halides is 3. The van der Waals surface area contributed by atoms with Crippen molar-refractivity contribution >= 4 is 23.5 Å². The van der Waals surface area contributed by atoms with Crippen LogP contribution in [-0.4, -0.2) is 29.1 Å². The Kier molecular flexibility index (Phi) is 4.33. The van der Waals surface area contributed by atoms with E-state index in [0.29, 0.717) is 12.2 Å². The largest absolute Gasteiger partial charge is 0.433 e. The molecule has 8 heteroatoms. The molecule has 0 amide bonds. The van der Waals surface area contributed by atoms with Gasteiger partial charge in [-0.25, -0.2) is 0 Å². The van der Waals surface area contributed by atoms with Crippen molar-refractivity contribution in [3.05, 3.63) is 47.5 Å². The molecular formula is C15H13F3N2OS2. The third-order valence-corrected chi connectivity index (χ3v) is 5.17. The van der Waals surface area contributed by atoms with Crippen molar-refractivity contribution < 1.29 is 17.9 Å². The van der Waals surface area contributed by atoms with Gasteiger partial charge in [0.2, 0.25) is 0 Å². The summed E-state index contributed by atoms with van der Waals surface area (Å²) >= 11 is 3.08. The number of aromatic nitrogens is 2. The zero-order valence-electron chi connectivity index (χ0n) is 12.3. The Hall–Kier alpha value is -1.25. The summed E-state index contributed by atoms with van der Waals surface area (Å²) in [6.07, 6.45) is 4.19. The van der Waals surface area contributed by atoms with Crippen LogP contribution < -0.4 is 0 Å². The highest BCUT2D eigenvalue weighted by atomic mass is 32.2. The van der Waals surface area contributed by atoms with Crippen LogP contribution in [0.3, 0.4) is 0 Å². The van der Waals surface area contributed by atoms with Crippen LogP contribution in [0, 0.1) is 0 Å². The molecule has 2 aromatic heterocycles. The third kappa shape index (κ3) is 2.95. The molecule has 0 spiro atoms. The van der Waals surface area contributed by atoms with E-state index in [1.165, 1.54) is 35.8 Å². The maximum absolute atomic E-state index is 12.7. The molecule has 1 unspecified atom stereocenters. The molecule has 0 radical (unpaired) electrons. The van der Waals surface area contributed by atoms with Gasteiger partial charge < -0.3 is 4.74 Å². The molecule has 0 N–H and O–H groups in total. The smallest absolute Gasteiger partial charge is 0.359 e. The number of nitrogens with zero attached hydrogens (tertiary/aromatic N) is 2. The van der Waals surface area contributed by atoms with Gasteiger partial charge >= 0.3 is 6.18 Å². The summed E-state index contributed by atoms with van der Waals surface area (Å²) in [6.45, 7) is 0.422. The predicted octanol–water partition coefficient (Wildman–Crippen LogP) is 4.21. The Morgan fingerprint density at radius 3 is 2.09 bits per heavy atom. The number of hydrogen-bond acceptors (Lipinski definition) is 5. The maximum atomic E-state index is 12.7. The van der Waals surface area contributed by atoms with Crippen LogP contribution in [0.4, 0.5) is 13.2 Å². The first-order chi connectivity index (χ1) is 10.9. The Morgan fingerprint density at radius 1 is 1.09 bits per heavy atom. The fraction of sp³-hybridized carbons (Fsp3) is 0.333. The van der Waals surface area contributed by atoms with Crippen molar-refractivity contribution in [2.75, 3.05) is 19.1 Å². The lowest BCUT2D eigenvalue weighted by Crippen LogP contribution is -2.16. The molecule has 23 heavy (non-hydrogen) atoms. The van der Waals surface area contributed by atoms with Gasteiger partial charge in [-0.15, -0.1) is 23.5 Å². The lowest BCUT2D eigenvalue weighted by molar-refractivity contribution is -0.141. The van der Waals surface area contributed by atoms with Crippen LogP contribution in [0.25, 0.3) is 0 Å². The van der Waals surface area contributed by atoms with E-state index in [1.54, 1.807) is 12.4 Å². The second-order valence-corrected chi connectivity index (χ2v) is 6.66. The number of halogens is 3. The topological polar surface area (TPSA) is 38.3 Å². The normalized spacial score (nSPS) is 20.6. The molecule has 3 nitrogen and oxygen atoms in total. The summed E-state index contributed by atoms with van der Waals surface area (Å²) in [6, 6.07) is 2.44. The predicted molar refractivity (Wildman–Crippen MR) is 83.8 cm³/mol. The summed E-state index contributed by atoms with van der Waals surface area (Å²) in [5.74, 6) is 0. The molecule has 1 atom stereocenters. The zero-order valence-corrected chi connectivity index (χ0v) is 14.0. The zero-order chi connectivity index (χ0) is 16.7. The van der Waals surface area contributed by atoms with E-state index in [0.717, 1.165) is 21.4 Å². The third-order valence-electron chi connectivity index (χ3n) is 3.67. The number of thioether (sulfide) groups is 2. The van der Waals surface area contributed by atoms with Crippen LogP contribution in [0.5, 0.6) is 0 Å². The van der Waals surface area contributed by atoms with Crippen LogP contribution in [-0.2, 0) is 16.5 Å². The monoisotopic (exact) mass is 358 g/mol. The molecule has 3 rings (SSSR count). The minimum absolute atomic E-state index is 0.422. The van der Waals surface area contributed by atoms with E-state index in [1.807, 2.05) is 12.5 Å². The average Bonchev–Trinajstić information content (AvgIpc) is 3.35. The number of hydrogen-bond donors (Lipinski definition) is 0. The number of ether oxygens (including phenoxy) is 1. The van der Waals surface area contributed by atoms with Crippen LogP contribution in [0.15, 0.2) is 40.5 Å². The quantitative estimate of drug-likeness (QED) is 0.605. The van der Waals surface area contributed by atoms with E-state index < -0.39 is 17.5 Å². The number of epoxide rings is 1. The van der Waals surface area contributed by atoms with Gasteiger partial charge in [0.05, 0.1) is 6.61 Å². The van der Waals surface area contributed by atoms with Crippen LogP contribution in [0.2, 0.25) is 0 Å². The molecule has 1 saturated heterocycles. The first-order valence-electron chi connectivity index (χ1n) is 6.66. The molecular weight excluding hydrogens is 345 g/mol. The first-order valence-corrected chi connectivity index (χ1v) is 9.11. The Bertz CT molecular complexity index is 693. The summed E-state index contributed by atoms with van der Waals surface area (Å²) in [5.41, 5.74) is -0.0464. The molecule has 122 valence electrons. The maximum Gasteiger partial charge on any atom is 0.433 e. The van der Waals surface area contributed by atoms with Crippen molar-refractivity contribution in [1.29, 1.82) is 0 Å². The average molecular weight is 358 g/mol. The molecule has 3 heterocycles. The molecule has 0 aliphatic carbocycles. The lowest BCUT2D eigenvalue weighted by Gasteiger charge is -2.19. The van der Waals surface area contributed by atoms with Crippen molar-refractivity contribution in [3.63, 3.8) is 0 Å². The fourth-order valence-corrected chi connectivity index (χ4v) is 3.81. The molecule has 1 aliphatic rings. The van der Waals surface area contributed by atoms with E-state index in [4.69, 9.17) is 4.74 Å². The van der Waals surface area contributed by atoms with Gasteiger partial charge in [-0.3, -0.25) is 9.97 Å². The van der Waals surface area contributed by atoms with Gasteiger partial charge in [0, 0.05) is 39.5 Å². The van der Waals surface area contributed by atoms with E-state index in [9.17, 15) is 13.2 Å². The van der Waals surface area contributed by atoms with Gasteiger partial charge in [-0.2, -0.15) is 13.2 Å². The summed E-state index contributed by atoms with van der Waals surface area (Å²) in [7, 11) is 0. The van der Waals surface area contributed by atoms with Crippen LogP contribution >= 0.6 is 23.5 Å². The van der Waals surface area contributed by atoms with Crippen molar-refractivity contribution in [2.24, 2.45) is 0 Å². The summed E-state index contributed by atoms with van der Waals surface area (Å²) in [4.78, 5) is 9.67. The minimum Gasteiger partial charge on any atom is -0.359 e. The molecule has 2 aromatic rings. The van der Waals surface area contributed by atoms with Crippen molar-refractivity contribution in [1.82, 2.24) is 9.97 Å². The van der Waals surface area contributed by atoms with Gasteiger partial charge in [-0.1, -0.05) is 6.07 Å². The van der Waals surface area contributed by atoms with Gasteiger partial charge in [0.15, 0.2) is 0 Å². The van der Waals surface area contributed by atoms with Gasteiger partial charge in [0.25, 0.3) is 0 Å². The fourth-order valence-electron chi connectivity index (χ4n) is 2.46. The first kappa shape index (κ1) is 16.6. The van der Waals surface area contributed by atoms with Crippen molar-refractivity contribution in [3.8, 4) is 0 Å². The summed E-state index contributed by atoms with van der Waals surface area (Å²) < 4.78 is 43.8. The standard InChI is InChI=1S/C15H13F3N2OS2/c1-22-10-6-19-7-11(23-2)13(10)14(8-21-14)9-3-4-12(20-5-9)15(16,17)18/h3-7H,8H2,1-2H3. The van der Waals surface area contributed by atoms with Gasteiger partial charge in [-0.05, 0) is 18.6 Å². The second kappa shape index (κ2) is 5.99. The highest BCUT2D eigenvalue weighted by molar-refractivity contribution is 7.99. The highest BCUT2D eigenvalue weighted by Gasteiger charge is 2.51. The SMILES string of the molecule is CSc1cncc(SC)c1C1(c2ccc(C(F)(F)F)nc2)CO1. The molecule has 1 aliphatic heterocycles. The Morgan fingerprint density at radius 2 is 1.70 bits per heavy atom. The lowest BCUT2D eigenvalue weighted by atomic mass is 9.93. The molecule has 0 aromatic carbocycles. The van der Waals surface area contributed by atoms with E-state index in [-0.39, 0.29) is 0 Å². The number of pyridine rings is 2. The second-order valence-electron chi connectivity index (χ2n) is 4.96. The van der Waals surface area contributed by atoms with E-state index in [2.05, 4.69) is 9.97 Å². The minimum atomic E-state index is -4.44. The Labute approximate surface area is 140 Å². The highest BCUT2D eigenvalue weighted by Crippen LogP contribution is 2.51. The molecule has 0 saturated carbocycles. The van der Waals surface area contributed by atoms with Crippen molar-refractivity contribution in [2.45, 2.75) is 21.6 Å². The summed E-state index contributed by atoms with van der Waals surface area (Å²) in [5, 5.41) is 0. The number of rotatable bonds is 4. The van der Waals surface area contributed by atoms with E-state index >= 15 is 0 Å². The van der Waals surface area contributed by atoms with Gasteiger partial charge in [0.1, 0.15) is 11.3 Å². The molecule has 0 bridgehead atoms. The van der Waals surface area contributed by atoms with Crippen LogP contribution in [0.1, 0.15) is 16.8 Å². The molecule has 1 fully saturated rings. The Balaban J connectivity index is 2.07.